The van der Waals surface area contributed by atoms with E-state index in [0.29, 0.717) is 35.6 Å². The van der Waals surface area contributed by atoms with Crippen molar-refractivity contribution in [3.05, 3.63) is 17.7 Å². The lowest BCUT2D eigenvalue weighted by atomic mass is 10.1. The molecule has 3 rings (SSSR count). The van der Waals surface area contributed by atoms with Crippen LogP contribution >= 0.6 is 24.0 Å². The van der Waals surface area contributed by atoms with Gasteiger partial charge in [0.15, 0.2) is 17.5 Å². The van der Waals surface area contributed by atoms with E-state index in [1.54, 1.807) is 6.07 Å². The standard InChI is InChI=1S/C21H33F2N5O3.HI/c1-4-24-21(25-12-15(3)28-8-6-27(5-2)7-9-28)26-13-16-10-18-19(30-14-29-18)11-17(16)31-20(22)23;/h10-11,15,20H,4-9,12-14H2,1-3H3,(H2,24,25,26);1H. The van der Waals surface area contributed by atoms with E-state index in [9.17, 15) is 8.78 Å². The molecule has 1 saturated heterocycles. The topological polar surface area (TPSA) is 70.6 Å². The Bertz CT molecular complexity index is 748. The highest BCUT2D eigenvalue weighted by atomic mass is 127. The summed E-state index contributed by atoms with van der Waals surface area (Å²) in [5.41, 5.74) is 0.505. The molecular formula is C21H34F2IN5O3. The maximum Gasteiger partial charge on any atom is 0.387 e. The average Bonchev–Trinajstić information content (AvgIpc) is 3.22. The van der Waals surface area contributed by atoms with Crippen LogP contribution in [-0.4, -0.2) is 81.0 Å². The number of piperazine rings is 1. The van der Waals surface area contributed by atoms with Crippen molar-refractivity contribution in [2.24, 2.45) is 4.99 Å². The van der Waals surface area contributed by atoms with E-state index in [0.717, 1.165) is 39.3 Å². The maximum absolute atomic E-state index is 12.8. The van der Waals surface area contributed by atoms with Crippen LogP contribution in [0.15, 0.2) is 17.1 Å². The second-order valence-electron chi connectivity index (χ2n) is 7.59. The third-order valence-corrected chi connectivity index (χ3v) is 5.57. The molecular weight excluding hydrogens is 535 g/mol. The first-order valence-corrected chi connectivity index (χ1v) is 10.9. The summed E-state index contributed by atoms with van der Waals surface area (Å²) >= 11 is 0. The molecule has 8 nitrogen and oxygen atoms in total. The van der Waals surface area contributed by atoms with Crippen LogP contribution in [0.4, 0.5) is 8.78 Å². The van der Waals surface area contributed by atoms with Crippen molar-refractivity contribution in [3.63, 3.8) is 0 Å². The van der Waals surface area contributed by atoms with Crippen LogP contribution in [0.1, 0.15) is 26.3 Å². The highest BCUT2D eigenvalue weighted by Gasteiger charge is 2.21. The number of hydrogen-bond donors (Lipinski definition) is 2. The van der Waals surface area contributed by atoms with Crippen molar-refractivity contribution < 1.29 is 23.0 Å². The molecule has 0 amide bonds. The molecule has 0 radical (unpaired) electrons. The van der Waals surface area contributed by atoms with Crippen molar-refractivity contribution in [3.8, 4) is 17.2 Å². The van der Waals surface area contributed by atoms with Gasteiger partial charge in [0.05, 0.1) is 6.54 Å². The fourth-order valence-corrected chi connectivity index (χ4v) is 3.69. The molecule has 1 atom stereocenters. The highest BCUT2D eigenvalue weighted by Crippen LogP contribution is 2.39. The molecule has 2 heterocycles. The molecule has 2 aliphatic heterocycles. The molecule has 11 heteroatoms. The van der Waals surface area contributed by atoms with E-state index >= 15 is 0 Å². The number of guanidine groups is 1. The van der Waals surface area contributed by atoms with E-state index in [-0.39, 0.29) is 43.1 Å². The van der Waals surface area contributed by atoms with E-state index in [4.69, 9.17) is 9.47 Å². The molecule has 2 N–H and O–H groups in total. The van der Waals surface area contributed by atoms with Crippen LogP contribution in [-0.2, 0) is 6.54 Å². The third kappa shape index (κ3) is 7.48. The van der Waals surface area contributed by atoms with Crippen LogP contribution in [0.25, 0.3) is 0 Å². The van der Waals surface area contributed by atoms with Gasteiger partial charge >= 0.3 is 6.61 Å². The minimum absolute atomic E-state index is 0. The molecule has 2 aliphatic rings. The number of nitrogens with zero attached hydrogens (tertiary/aromatic N) is 3. The van der Waals surface area contributed by atoms with E-state index in [1.165, 1.54) is 6.07 Å². The zero-order valence-electron chi connectivity index (χ0n) is 18.9. The predicted molar refractivity (Wildman–Crippen MR) is 131 cm³/mol. The fraction of sp³-hybridized carbons (Fsp3) is 0.667. The van der Waals surface area contributed by atoms with Gasteiger partial charge in [-0.3, -0.25) is 4.90 Å². The van der Waals surface area contributed by atoms with Crippen molar-refractivity contribution in [1.29, 1.82) is 0 Å². The number of hydrogen-bond acceptors (Lipinski definition) is 6. The average molecular weight is 569 g/mol. The largest absolute Gasteiger partial charge is 0.454 e. The van der Waals surface area contributed by atoms with Gasteiger partial charge in [-0.25, -0.2) is 4.99 Å². The Kier molecular flexibility index (Phi) is 11.0. The van der Waals surface area contributed by atoms with Gasteiger partial charge in [0, 0.05) is 56.9 Å². The number of nitrogens with one attached hydrogen (secondary N) is 2. The summed E-state index contributed by atoms with van der Waals surface area (Å²) in [4.78, 5) is 9.48. The summed E-state index contributed by atoms with van der Waals surface area (Å²) in [7, 11) is 0. The predicted octanol–water partition coefficient (Wildman–Crippen LogP) is 2.72. The fourth-order valence-electron chi connectivity index (χ4n) is 3.69. The molecule has 0 bridgehead atoms. The van der Waals surface area contributed by atoms with Gasteiger partial charge in [0.25, 0.3) is 0 Å². The Morgan fingerprint density at radius 1 is 1.12 bits per heavy atom. The summed E-state index contributed by atoms with van der Waals surface area (Å²) in [5.74, 6) is 1.57. The number of alkyl halides is 2. The zero-order valence-corrected chi connectivity index (χ0v) is 21.2. The Labute approximate surface area is 205 Å². The van der Waals surface area contributed by atoms with Crippen molar-refractivity contribution in [2.75, 3.05) is 52.6 Å². The minimum Gasteiger partial charge on any atom is -0.454 e. The Morgan fingerprint density at radius 2 is 1.81 bits per heavy atom. The Balaban J connectivity index is 0.00000363. The lowest BCUT2D eigenvalue weighted by Gasteiger charge is -2.37. The summed E-state index contributed by atoms with van der Waals surface area (Å²) in [6.45, 7) is 10.5. The van der Waals surface area contributed by atoms with E-state index in [2.05, 4.69) is 44.0 Å². The van der Waals surface area contributed by atoms with Gasteiger partial charge in [-0.1, -0.05) is 6.92 Å². The van der Waals surface area contributed by atoms with Crippen molar-refractivity contribution in [1.82, 2.24) is 20.4 Å². The molecule has 1 unspecified atom stereocenters. The first-order valence-electron chi connectivity index (χ1n) is 10.9. The summed E-state index contributed by atoms with van der Waals surface area (Å²) in [5, 5.41) is 6.57. The molecule has 182 valence electrons. The third-order valence-electron chi connectivity index (χ3n) is 5.57. The molecule has 0 saturated carbocycles. The molecule has 0 aliphatic carbocycles. The molecule has 1 aromatic carbocycles. The molecule has 1 aromatic rings. The van der Waals surface area contributed by atoms with Crippen LogP contribution in [0.5, 0.6) is 17.2 Å². The number of likely N-dealkylation sites (N-methyl/N-ethyl adjacent to an activating group) is 1. The number of rotatable bonds is 9. The highest BCUT2D eigenvalue weighted by molar-refractivity contribution is 14.0. The number of benzene rings is 1. The van der Waals surface area contributed by atoms with Crippen molar-refractivity contribution in [2.45, 2.75) is 40.0 Å². The molecule has 0 aromatic heterocycles. The van der Waals surface area contributed by atoms with E-state index in [1.807, 2.05) is 6.92 Å². The molecule has 1 fully saturated rings. The van der Waals surface area contributed by atoms with Crippen LogP contribution in [0.3, 0.4) is 0 Å². The van der Waals surface area contributed by atoms with Gasteiger partial charge in [-0.2, -0.15) is 8.78 Å². The lowest BCUT2D eigenvalue weighted by Crippen LogP contribution is -2.53. The van der Waals surface area contributed by atoms with E-state index < -0.39 is 6.61 Å². The van der Waals surface area contributed by atoms with Gasteiger partial charge in [0.2, 0.25) is 6.79 Å². The maximum atomic E-state index is 12.8. The van der Waals surface area contributed by atoms with Crippen LogP contribution in [0, 0.1) is 0 Å². The second-order valence-corrected chi connectivity index (χ2v) is 7.59. The Morgan fingerprint density at radius 3 is 2.44 bits per heavy atom. The molecule has 0 spiro atoms. The molecule has 32 heavy (non-hydrogen) atoms. The summed E-state index contributed by atoms with van der Waals surface area (Å²) in [6, 6.07) is 3.42. The van der Waals surface area contributed by atoms with Crippen LogP contribution < -0.4 is 24.8 Å². The quantitative estimate of drug-likeness (QED) is 0.270. The number of aliphatic imine (C=N–C) groups is 1. The van der Waals surface area contributed by atoms with Gasteiger partial charge in [-0.15, -0.1) is 24.0 Å². The van der Waals surface area contributed by atoms with Gasteiger partial charge < -0.3 is 29.7 Å². The number of fused-ring (bicyclic) bond motifs is 1. The van der Waals surface area contributed by atoms with Crippen LogP contribution in [0.2, 0.25) is 0 Å². The first kappa shape index (κ1) is 26.7. The van der Waals surface area contributed by atoms with Crippen molar-refractivity contribution >= 4 is 29.9 Å². The lowest BCUT2D eigenvalue weighted by molar-refractivity contribution is -0.0505. The Hall–Kier alpha value is -1.60. The first-order chi connectivity index (χ1) is 15.0. The monoisotopic (exact) mass is 569 g/mol. The second kappa shape index (κ2) is 13.2. The summed E-state index contributed by atoms with van der Waals surface area (Å²) in [6.07, 6.45) is 0. The number of ether oxygens (including phenoxy) is 3. The van der Waals surface area contributed by atoms with Gasteiger partial charge in [-0.05, 0) is 26.5 Å². The SMILES string of the molecule is CCNC(=NCc1cc2c(cc1OC(F)F)OCO2)NCC(C)N1CCN(CC)CC1.I. The minimum atomic E-state index is -2.93. The normalized spacial score (nSPS) is 17.8. The summed E-state index contributed by atoms with van der Waals surface area (Å²) < 4.78 is 41.0. The van der Waals surface area contributed by atoms with Gasteiger partial charge in [0.1, 0.15) is 5.75 Å². The number of halogens is 3. The zero-order chi connectivity index (χ0) is 22.2. The smallest absolute Gasteiger partial charge is 0.387 e.